The molecular weight excluding hydrogens is 292 g/mol. The molecule has 0 heterocycles. The van der Waals surface area contributed by atoms with Gasteiger partial charge < -0.3 is 10.5 Å². The van der Waals surface area contributed by atoms with Crippen molar-refractivity contribution >= 4 is 23.0 Å². The number of benzene rings is 2. The summed E-state index contributed by atoms with van der Waals surface area (Å²) < 4.78 is 5.51. The molecule has 0 unspecified atom stereocenters. The summed E-state index contributed by atoms with van der Waals surface area (Å²) in [6.07, 6.45) is 1.62. The highest BCUT2D eigenvalue weighted by Gasteiger charge is 2.10. The molecule has 110 valence electrons. The van der Waals surface area contributed by atoms with Crippen molar-refractivity contribution in [3.05, 3.63) is 63.2 Å². The number of ether oxygens (including phenoxy) is 1. The number of nitrogen functional groups attached to an aromatic ring is 1. The monoisotopic (exact) mass is 306 g/mol. The highest BCUT2D eigenvalue weighted by atomic mass is 35.5. The van der Waals surface area contributed by atoms with Crippen molar-refractivity contribution in [3.63, 3.8) is 0 Å². The van der Waals surface area contributed by atoms with E-state index in [2.05, 4.69) is 0 Å². The van der Waals surface area contributed by atoms with Gasteiger partial charge in [0.1, 0.15) is 5.75 Å². The Labute approximate surface area is 127 Å². The van der Waals surface area contributed by atoms with Gasteiger partial charge in [-0.2, -0.15) is 0 Å². The minimum Gasteiger partial charge on any atom is -0.492 e. The van der Waals surface area contributed by atoms with E-state index in [4.69, 9.17) is 22.1 Å². The van der Waals surface area contributed by atoms with Crippen molar-refractivity contribution in [2.45, 2.75) is 12.8 Å². The van der Waals surface area contributed by atoms with Gasteiger partial charge in [0.05, 0.1) is 22.6 Å². The van der Waals surface area contributed by atoms with Crippen LogP contribution in [0.5, 0.6) is 5.75 Å². The van der Waals surface area contributed by atoms with Gasteiger partial charge in [0.2, 0.25) is 0 Å². The minimum atomic E-state index is -0.475. The quantitative estimate of drug-likeness (QED) is 0.380. The molecule has 0 aliphatic heterocycles. The molecule has 2 aromatic carbocycles. The van der Waals surface area contributed by atoms with Crippen LogP contribution in [0.15, 0.2) is 42.5 Å². The highest BCUT2D eigenvalue weighted by Crippen LogP contribution is 2.28. The lowest BCUT2D eigenvalue weighted by Gasteiger charge is -2.08. The zero-order valence-electron chi connectivity index (χ0n) is 11.3. The van der Waals surface area contributed by atoms with E-state index in [1.807, 2.05) is 24.3 Å². The first-order chi connectivity index (χ1) is 10.1. The summed E-state index contributed by atoms with van der Waals surface area (Å²) in [7, 11) is 0. The lowest BCUT2D eigenvalue weighted by Crippen LogP contribution is -2.00. The molecule has 0 spiro atoms. The van der Waals surface area contributed by atoms with Crippen LogP contribution in [-0.4, -0.2) is 11.5 Å². The molecule has 21 heavy (non-hydrogen) atoms. The van der Waals surface area contributed by atoms with E-state index in [-0.39, 0.29) is 5.69 Å². The Balaban J connectivity index is 1.87. The molecule has 0 aliphatic carbocycles. The molecule has 6 heteroatoms. The van der Waals surface area contributed by atoms with Crippen LogP contribution in [0.1, 0.15) is 12.0 Å². The molecule has 2 aromatic rings. The van der Waals surface area contributed by atoms with Gasteiger partial charge in [0, 0.05) is 11.8 Å². The standard InChI is InChI=1S/C15H15ClN2O3/c16-14-8-7-13(18(19)20)10-15(14)21-9-1-2-11-3-5-12(17)6-4-11/h3-8,10H,1-2,9,17H2. The Morgan fingerprint density at radius 1 is 1.19 bits per heavy atom. The van der Waals surface area contributed by atoms with Gasteiger partial charge >= 0.3 is 0 Å². The average Bonchev–Trinajstić information content (AvgIpc) is 2.47. The zero-order valence-corrected chi connectivity index (χ0v) is 12.0. The fourth-order valence-corrected chi connectivity index (χ4v) is 2.03. The van der Waals surface area contributed by atoms with E-state index in [0.29, 0.717) is 17.4 Å². The molecule has 0 saturated carbocycles. The molecule has 0 atom stereocenters. The first-order valence-corrected chi connectivity index (χ1v) is 6.85. The van der Waals surface area contributed by atoms with Crippen molar-refractivity contribution < 1.29 is 9.66 Å². The number of halogens is 1. The summed E-state index contributed by atoms with van der Waals surface area (Å²) >= 11 is 5.95. The van der Waals surface area contributed by atoms with Crippen molar-refractivity contribution in [1.82, 2.24) is 0 Å². The van der Waals surface area contributed by atoms with Crippen molar-refractivity contribution in [1.29, 1.82) is 0 Å². The fraction of sp³-hybridized carbons (Fsp3) is 0.200. The van der Waals surface area contributed by atoms with Crippen LogP contribution in [0.25, 0.3) is 0 Å². The Morgan fingerprint density at radius 3 is 2.57 bits per heavy atom. The van der Waals surface area contributed by atoms with E-state index < -0.39 is 4.92 Å². The third-order valence-electron chi connectivity index (χ3n) is 2.97. The number of non-ortho nitro benzene ring substituents is 1. The SMILES string of the molecule is Nc1ccc(CCCOc2cc([N+](=O)[O-])ccc2Cl)cc1. The maximum Gasteiger partial charge on any atom is 0.273 e. The number of rotatable bonds is 6. The summed E-state index contributed by atoms with van der Waals surface area (Å²) in [5.74, 6) is 0.336. The van der Waals surface area contributed by atoms with Gasteiger partial charge in [-0.15, -0.1) is 0 Å². The van der Waals surface area contributed by atoms with Crippen molar-refractivity contribution in [2.24, 2.45) is 0 Å². The Morgan fingerprint density at radius 2 is 1.90 bits per heavy atom. The molecule has 0 amide bonds. The predicted molar refractivity (Wildman–Crippen MR) is 82.8 cm³/mol. The number of nitrogens with two attached hydrogens (primary N) is 1. The molecule has 5 nitrogen and oxygen atoms in total. The third-order valence-corrected chi connectivity index (χ3v) is 3.28. The number of nitrogens with zero attached hydrogens (tertiary/aromatic N) is 1. The Kier molecular flexibility index (Phi) is 5.00. The smallest absolute Gasteiger partial charge is 0.273 e. The minimum absolute atomic E-state index is 0.0343. The van der Waals surface area contributed by atoms with Crippen molar-refractivity contribution in [2.75, 3.05) is 12.3 Å². The van der Waals surface area contributed by atoms with Gasteiger partial charge in [0.15, 0.2) is 0 Å². The lowest BCUT2D eigenvalue weighted by molar-refractivity contribution is -0.384. The van der Waals surface area contributed by atoms with Crippen LogP contribution >= 0.6 is 11.6 Å². The molecular formula is C15H15ClN2O3. The van der Waals surface area contributed by atoms with E-state index >= 15 is 0 Å². The first-order valence-electron chi connectivity index (χ1n) is 6.47. The topological polar surface area (TPSA) is 78.4 Å². The summed E-state index contributed by atoms with van der Waals surface area (Å²) in [6.45, 7) is 0.436. The summed E-state index contributed by atoms with van der Waals surface area (Å²) in [6, 6.07) is 11.8. The number of anilines is 1. The van der Waals surface area contributed by atoms with Crippen molar-refractivity contribution in [3.8, 4) is 5.75 Å². The highest BCUT2D eigenvalue weighted by molar-refractivity contribution is 6.32. The van der Waals surface area contributed by atoms with E-state index in [0.717, 1.165) is 24.1 Å². The number of nitro benzene ring substituents is 1. The maximum atomic E-state index is 10.7. The Hall–Kier alpha value is -2.27. The molecule has 0 aliphatic rings. The molecule has 0 saturated heterocycles. The van der Waals surface area contributed by atoms with Crippen LogP contribution in [-0.2, 0) is 6.42 Å². The molecule has 0 fully saturated rings. The molecule has 2 rings (SSSR count). The zero-order chi connectivity index (χ0) is 15.2. The van der Waals surface area contributed by atoms with E-state index in [1.165, 1.54) is 18.2 Å². The summed E-state index contributed by atoms with van der Waals surface area (Å²) in [4.78, 5) is 10.2. The number of hydrogen-bond acceptors (Lipinski definition) is 4. The van der Waals surface area contributed by atoms with Crippen LogP contribution in [0, 0.1) is 10.1 Å². The van der Waals surface area contributed by atoms with Gasteiger partial charge in [-0.1, -0.05) is 23.7 Å². The molecule has 0 bridgehead atoms. The predicted octanol–water partition coefficient (Wildman–Crippen LogP) is 3.84. The van der Waals surface area contributed by atoms with Crippen LogP contribution in [0.4, 0.5) is 11.4 Å². The number of nitro groups is 1. The largest absolute Gasteiger partial charge is 0.492 e. The van der Waals surface area contributed by atoms with Gasteiger partial charge in [-0.25, -0.2) is 0 Å². The van der Waals surface area contributed by atoms with Gasteiger partial charge in [0.25, 0.3) is 5.69 Å². The van der Waals surface area contributed by atoms with E-state index in [1.54, 1.807) is 0 Å². The molecule has 0 aromatic heterocycles. The second-order valence-electron chi connectivity index (χ2n) is 4.57. The average molecular weight is 307 g/mol. The fourth-order valence-electron chi connectivity index (χ4n) is 1.86. The second-order valence-corrected chi connectivity index (χ2v) is 4.97. The number of aryl methyl sites for hydroxylation is 1. The lowest BCUT2D eigenvalue weighted by atomic mass is 10.1. The Bertz CT molecular complexity index is 629. The second kappa shape index (κ2) is 6.95. The maximum absolute atomic E-state index is 10.7. The summed E-state index contributed by atoms with van der Waals surface area (Å²) in [5.41, 5.74) is 7.48. The van der Waals surface area contributed by atoms with Gasteiger partial charge in [-0.05, 0) is 36.6 Å². The molecule has 2 N–H and O–H groups in total. The first kappa shape index (κ1) is 15.1. The number of hydrogen-bond donors (Lipinski definition) is 1. The summed E-state index contributed by atoms with van der Waals surface area (Å²) in [5, 5.41) is 11.1. The van der Waals surface area contributed by atoms with Crippen LogP contribution < -0.4 is 10.5 Å². The van der Waals surface area contributed by atoms with Crippen LogP contribution in [0.2, 0.25) is 5.02 Å². The molecule has 0 radical (unpaired) electrons. The van der Waals surface area contributed by atoms with Crippen LogP contribution in [0.3, 0.4) is 0 Å². The van der Waals surface area contributed by atoms with E-state index in [9.17, 15) is 10.1 Å². The third kappa shape index (κ3) is 4.36. The normalized spacial score (nSPS) is 10.3. The van der Waals surface area contributed by atoms with Gasteiger partial charge in [-0.3, -0.25) is 10.1 Å².